The van der Waals surface area contributed by atoms with E-state index in [4.69, 9.17) is 20.5 Å². The number of hydrogen-bond acceptors (Lipinski definition) is 10. The van der Waals surface area contributed by atoms with Crippen molar-refractivity contribution in [2.45, 2.75) is 5.75 Å². The third-order valence-corrected chi connectivity index (χ3v) is 5.41. The average molecular weight is 522 g/mol. The van der Waals surface area contributed by atoms with Crippen LogP contribution in [0.4, 0.5) is 5.69 Å². The average Bonchev–Trinajstić information content (AvgIpc) is 2.84. The lowest BCUT2D eigenvalue weighted by Gasteiger charge is -2.12. The van der Waals surface area contributed by atoms with E-state index in [0.717, 1.165) is 0 Å². The van der Waals surface area contributed by atoms with Crippen molar-refractivity contribution in [3.63, 3.8) is 0 Å². The molecule has 0 aliphatic heterocycles. The number of nitrogens with two attached hydrogens (primary N) is 1. The summed E-state index contributed by atoms with van der Waals surface area (Å²) < 4.78 is 32.1. The van der Waals surface area contributed by atoms with Gasteiger partial charge in [-0.05, 0) is 30.3 Å². The SMILES string of the molecule is CN(C)C(=O)c1cccc(Oc2nc(Oc3ccc(C#N)c(N)c3)c3[nH]c(=O)c(CS(=O)O)nc3n2)c1. The number of hydrogen-bond donors (Lipinski definition) is 3. The zero-order valence-electron chi connectivity index (χ0n) is 19.5. The van der Waals surface area contributed by atoms with Gasteiger partial charge in [-0.25, -0.2) is 9.19 Å². The van der Waals surface area contributed by atoms with Crippen molar-refractivity contribution in [3.8, 4) is 29.5 Å². The lowest BCUT2D eigenvalue weighted by atomic mass is 10.2. The molecule has 2 heterocycles. The maximum Gasteiger partial charge on any atom is 0.327 e. The summed E-state index contributed by atoms with van der Waals surface area (Å²) in [5.41, 5.74) is 5.58. The molecule has 4 N–H and O–H groups in total. The number of amides is 1. The maximum atomic E-state index is 12.4. The van der Waals surface area contributed by atoms with Gasteiger partial charge in [0.2, 0.25) is 0 Å². The summed E-state index contributed by atoms with van der Waals surface area (Å²) in [6.45, 7) is 0. The van der Waals surface area contributed by atoms with Crippen molar-refractivity contribution >= 4 is 33.8 Å². The number of carbonyl (C=O) groups excluding carboxylic acids is 1. The van der Waals surface area contributed by atoms with E-state index in [1.165, 1.54) is 29.2 Å². The number of aromatic nitrogens is 4. The van der Waals surface area contributed by atoms with Crippen LogP contribution in [0.2, 0.25) is 0 Å². The largest absolute Gasteiger partial charge is 0.437 e. The standard InChI is InChI=1S/C23H19N7O6S/c1-30(2)22(32)12-4-3-5-14(8-12)36-23-28-19-18(27-20(31)17(26-19)11-37(33)34)21(29-23)35-15-7-6-13(10-24)16(25)9-15/h3-9H,11,25H2,1-2H3,(H,27,31)(H,33,34). The molecule has 14 heteroatoms. The fraction of sp³-hybridized carbons (Fsp3) is 0.130. The Morgan fingerprint density at radius 3 is 2.59 bits per heavy atom. The lowest BCUT2D eigenvalue weighted by molar-refractivity contribution is 0.0827. The zero-order chi connectivity index (χ0) is 26.7. The third-order valence-electron chi connectivity index (χ3n) is 4.89. The summed E-state index contributed by atoms with van der Waals surface area (Å²) in [5, 5.41) is 9.10. The molecule has 0 aliphatic rings. The first-order valence-corrected chi connectivity index (χ1v) is 11.8. The van der Waals surface area contributed by atoms with Crippen LogP contribution in [-0.4, -0.2) is 53.6 Å². The predicted molar refractivity (Wildman–Crippen MR) is 133 cm³/mol. The number of anilines is 1. The quantitative estimate of drug-likeness (QED) is 0.238. The topological polar surface area (TPSA) is 197 Å². The monoisotopic (exact) mass is 521 g/mol. The van der Waals surface area contributed by atoms with E-state index in [2.05, 4.69) is 19.9 Å². The highest BCUT2D eigenvalue weighted by Crippen LogP contribution is 2.30. The molecule has 1 unspecified atom stereocenters. The second-order valence-corrected chi connectivity index (χ2v) is 8.71. The van der Waals surface area contributed by atoms with Gasteiger partial charge >= 0.3 is 6.01 Å². The van der Waals surface area contributed by atoms with E-state index >= 15 is 0 Å². The van der Waals surface area contributed by atoms with Crippen LogP contribution in [0.25, 0.3) is 11.2 Å². The molecule has 13 nitrogen and oxygen atoms in total. The summed E-state index contributed by atoms with van der Waals surface area (Å²) in [6.07, 6.45) is 0. The number of nitriles is 1. The van der Waals surface area contributed by atoms with Crippen LogP contribution < -0.4 is 20.8 Å². The maximum absolute atomic E-state index is 12.4. The van der Waals surface area contributed by atoms with E-state index in [-0.39, 0.29) is 57.4 Å². The minimum absolute atomic E-state index is 0.00992. The van der Waals surface area contributed by atoms with Gasteiger partial charge in [-0.1, -0.05) is 6.07 Å². The highest BCUT2D eigenvalue weighted by molar-refractivity contribution is 7.78. The van der Waals surface area contributed by atoms with Gasteiger partial charge in [-0.15, -0.1) is 0 Å². The number of benzene rings is 2. The lowest BCUT2D eigenvalue weighted by Crippen LogP contribution is -2.21. The van der Waals surface area contributed by atoms with Gasteiger partial charge in [-0.3, -0.25) is 9.59 Å². The summed E-state index contributed by atoms with van der Waals surface area (Å²) >= 11 is -2.33. The Balaban J connectivity index is 1.81. The van der Waals surface area contributed by atoms with Gasteiger partial charge in [0.1, 0.15) is 23.3 Å². The number of fused-ring (bicyclic) bond motifs is 1. The number of nitrogens with zero attached hydrogens (tertiary/aromatic N) is 5. The van der Waals surface area contributed by atoms with Crippen LogP contribution >= 0.6 is 0 Å². The fourth-order valence-electron chi connectivity index (χ4n) is 3.17. The van der Waals surface area contributed by atoms with Gasteiger partial charge in [0.25, 0.3) is 17.3 Å². The third kappa shape index (κ3) is 5.69. The second-order valence-electron chi connectivity index (χ2n) is 7.78. The number of aromatic amines is 1. The molecule has 188 valence electrons. The van der Waals surface area contributed by atoms with Gasteiger partial charge < -0.3 is 29.6 Å². The van der Waals surface area contributed by atoms with Crippen LogP contribution in [0, 0.1) is 11.3 Å². The highest BCUT2D eigenvalue weighted by atomic mass is 32.2. The van der Waals surface area contributed by atoms with Crippen LogP contribution in [0.1, 0.15) is 21.6 Å². The molecule has 1 amide bonds. The van der Waals surface area contributed by atoms with Crippen molar-refractivity contribution in [2.24, 2.45) is 0 Å². The van der Waals surface area contributed by atoms with Gasteiger partial charge in [0.05, 0.1) is 17.0 Å². The Morgan fingerprint density at radius 2 is 1.92 bits per heavy atom. The van der Waals surface area contributed by atoms with Gasteiger partial charge in [0, 0.05) is 25.7 Å². The van der Waals surface area contributed by atoms with E-state index in [1.807, 2.05) is 6.07 Å². The van der Waals surface area contributed by atoms with E-state index in [0.29, 0.717) is 5.56 Å². The number of ether oxygens (including phenoxy) is 2. The molecule has 0 aliphatic carbocycles. The van der Waals surface area contributed by atoms with Crippen LogP contribution in [0.5, 0.6) is 23.4 Å². The van der Waals surface area contributed by atoms with Gasteiger partial charge in [0.15, 0.2) is 22.2 Å². The molecule has 0 saturated heterocycles. The summed E-state index contributed by atoms with van der Waals surface area (Å²) in [4.78, 5) is 41.2. The van der Waals surface area contributed by atoms with Crippen molar-refractivity contribution in [2.75, 3.05) is 19.8 Å². The first kappa shape index (κ1) is 25.2. The molecule has 0 spiro atoms. The van der Waals surface area contributed by atoms with Crippen LogP contribution in [0.3, 0.4) is 0 Å². The minimum Gasteiger partial charge on any atom is -0.437 e. The Morgan fingerprint density at radius 1 is 1.16 bits per heavy atom. The minimum atomic E-state index is -2.33. The molecule has 0 fully saturated rings. The normalized spacial score (nSPS) is 11.5. The molecule has 4 aromatic rings. The Hall–Kier alpha value is -4.87. The summed E-state index contributed by atoms with van der Waals surface area (Å²) in [5.74, 6) is -0.495. The van der Waals surface area contributed by atoms with Crippen molar-refractivity contribution in [3.05, 3.63) is 69.6 Å². The summed E-state index contributed by atoms with van der Waals surface area (Å²) in [7, 11) is 3.23. The van der Waals surface area contributed by atoms with Crippen molar-refractivity contribution in [1.29, 1.82) is 5.26 Å². The van der Waals surface area contributed by atoms with Crippen molar-refractivity contribution < 1.29 is 23.0 Å². The number of carbonyl (C=O) groups is 1. The van der Waals surface area contributed by atoms with E-state index in [9.17, 15) is 18.4 Å². The second kappa shape index (κ2) is 10.4. The van der Waals surface area contributed by atoms with Gasteiger partial charge in [-0.2, -0.15) is 15.2 Å². The molecular weight excluding hydrogens is 502 g/mol. The molecule has 0 bridgehead atoms. The summed E-state index contributed by atoms with van der Waals surface area (Å²) in [6, 6.07) is 12.4. The Labute approximate surface area is 211 Å². The molecule has 0 radical (unpaired) electrons. The highest BCUT2D eigenvalue weighted by Gasteiger charge is 2.18. The first-order valence-electron chi connectivity index (χ1n) is 10.5. The zero-order valence-corrected chi connectivity index (χ0v) is 20.3. The Bertz CT molecular complexity index is 1650. The molecule has 4 rings (SSSR count). The number of rotatable bonds is 7. The number of H-pyrrole nitrogens is 1. The fourth-order valence-corrected chi connectivity index (χ4v) is 3.60. The predicted octanol–water partition coefficient (Wildman–Crippen LogP) is 2.18. The van der Waals surface area contributed by atoms with Crippen LogP contribution in [-0.2, 0) is 16.8 Å². The van der Waals surface area contributed by atoms with E-state index < -0.39 is 22.4 Å². The van der Waals surface area contributed by atoms with E-state index in [1.54, 1.807) is 32.3 Å². The molecule has 2 aromatic heterocycles. The molecule has 1 atom stereocenters. The number of nitrogens with one attached hydrogen (secondary N) is 1. The molecule has 2 aromatic carbocycles. The molecule has 0 saturated carbocycles. The first-order chi connectivity index (χ1) is 17.6. The van der Waals surface area contributed by atoms with Crippen LogP contribution in [0.15, 0.2) is 47.3 Å². The Kier molecular flexibility index (Phi) is 7.09. The number of nitrogen functional groups attached to an aromatic ring is 1. The van der Waals surface area contributed by atoms with Crippen molar-refractivity contribution in [1.82, 2.24) is 24.8 Å². The molecular formula is C23H19N7O6S. The molecule has 37 heavy (non-hydrogen) atoms. The smallest absolute Gasteiger partial charge is 0.327 e.